The first-order valence-corrected chi connectivity index (χ1v) is 6.84. The maximum absolute atomic E-state index is 10.9. The molecule has 0 saturated heterocycles. The first kappa shape index (κ1) is 15.6. The molecular formula is C16H18N2O4. The van der Waals surface area contributed by atoms with Crippen molar-refractivity contribution in [2.75, 3.05) is 19.0 Å². The monoisotopic (exact) mass is 302 g/mol. The standard InChI is InChI=1S/C16H18N2O4/c1-11(22-14-8-4-3-7-13(14)21-2)10-17-15-9-5-6-12(18-15)16(19)20/h3-9,11H,10H2,1-2H3,(H,17,18)(H,19,20). The summed E-state index contributed by atoms with van der Waals surface area (Å²) in [5, 5.41) is 12.0. The molecule has 0 aliphatic rings. The number of benzene rings is 1. The first-order chi connectivity index (χ1) is 10.6. The molecule has 2 aromatic rings. The number of aromatic carboxylic acids is 1. The van der Waals surface area contributed by atoms with Crippen LogP contribution >= 0.6 is 0 Å². The van der Waals surface area contributed by atoms with Gasteiger partial charge in [0.2, 0.25) is 0 Å². The smallest absolute Gasteiger partial charge is 0.354 e. The van der Waals surface area contributed by atoms with Gasteiger partial charge in [-0.25, -0.2) is 9.78 Å². The van der Waals surface area contributed by atoms with Gasteiger partial charge >= 0.3 is 5.97 Å². The highest BCUT2D eigenvalue weighted by Gasteiger charge is 2.09. The van der Waals surface area contributed by atoms with Gasteiger partial charge in [-0.3, -0.25) is 0 Å². The minimum absolute atomic E-state index is 0.00306. The molecular weight excluding hydrogens is 284 g/mol. The van der Waals surface area contributed by atoms with Crippen LogP contribution in [0.15, 0.2) is 42.5 Å². The van der Waals surface area contributed by atoms with Gasteiger partial charge in [-0.1, -0.05) is 18.2 Å². The summed E-state index contributed by atoms with van der Waals surface area (Å²) in [5.74, 6) is 0.768. The van der Waals surface area contributed by atoms with Crippen LogP contribution in [0.2, 0.25) is 0 Å². The summed E-state index contributed by atoms with van der Waals surface area (Å²) < 4.78 is 11.0. The number of carboxylic acid groups (broad SMARTS) is 1. The van der Waals surface area contributed by atoms with Crippen LogP contribution in [0, 0.1) is 0 Å². The number of nitrogens with one attached hydrogen (secondary N) is 1. The number of hydrogen-bond acceptors (Lipinski definition) is 5. The van der Waals surface area contributed by atoms with Gasteiger partial charge in [-0.05, 0) is 31.2 Å². The zero-order valence-electron chi connectivity index (χ0n) is 12.4. The van der Waals surface area contributed by atoms with E-state index in [2.05, 4.69) is 10.3 Å². The summed E-state index contributed by atoms with van der Waals surface area (Å²) in [4.78, 5) is 14.9. The molecule has 0 radical (unpaired) electrons. The Balaban J connectivity index is 1.94. The predicted octanol–water partition coefficient (Wildman–Crippen LogP) is 2.67. The maximum atomic E-state index is 10.9. The van der Waals surface area contributed by atoms with Crippen molar-refractivity contribution in [3.8, 4) is 11.5 Å². The molecule has 0 fully saturated rings. The van der Waals surface area contributed by atoms with Gasteiger partial charge in [0, 0.05) is 0 Å². The number of rotatable bonds is 7. The second-order valence-electron chi connectivity index (χ2n) is 4.67. The topological polar surface area (TPSA) is 80.7 Å². The van der Waals surface area contributed by atoms with Crippen LogP contribution in [0.5, 0.6) is 11.5 Å². The number of anilines is 1. The van der Waals surface area contributed by atoms with Crippen molar-refractivity contribution in [3.05, 3.63) is 48.2 Å². The third kappa shape index (κ3) is 4.12. The molecule has 1 atom stereocenters. The predicted molar refractivity (Wildman–Crippen MR) is 82.8 cm³/mol. The SMILES string of the molecule is COc1ccccc1OC(C)CNc1cccc(C(=O)O)n1. The van der Waals surface area contributed by atoms with Gasteiger partial charge in [-0.2, -0.15) is 0 Å². The fourth-order valence-electron chi connectivity index (χ4n) is 1.88. The van der Waals surface area contributed by atoms with Crippen molar-refractivity contribution in [3.63, 3.8) is 0 Å². The average molecular weight is 302 g/mol. The van der Waals surface area contributed by atoms with Gasteiger partial charge in [0.1, 0.15) is 11.9 Å². The largest absolute Gasteiger partial charge is 0.493 e. The lowest BCUT2D eigenvalue weighted by Crippen LogP contribution is -2.23. The lowest BCUT2D eigenvalue weighted by atomic mass is 10.3. The molecule has 0 amide bonds. The number of carbonyl (C=O) groups is 1. The first-order valence-electron chi connectivity index (χ1n) is 6.84. The lowest BCUT2D eigenvalue weighted by molar-refractivity contribution is 0.0690. The molecule has 0 aliphatic carbocycles. The number of methoxy groups -OCH3 is 1. The molecule has 0 aliphatic heterocycles. The molecule has 2 N–H and O–H groups in total. The van der Waals surface area contributed by atoms with Gasteiger partial charge in [0.15, 0.2) is 17.2 Å². The van der Waals surface area contributed by atoms with E-state index in [0.717, 1.165) is 0 Å². The van der Waals surface area contributed by atoms with E-state index in [1.54, 1.807) is 19.2 Å². The Morgan fingerprint density at radius 3 is 2.64 bits per heavy atom. The summed E-state index contributed by atoms with van der Waals surface area (Å²) >= 11 is 0. The van der Waals surface area contributed by atoms with Crippen molar-refractivity contribution >= 4 is 11.8 Å². The van der Waals surface area contributed by atoms with E-state index >= 15 is 0 Å². The highest BCUT2D eigenvalue weighted by Crippen LogP contribution is 2.26. The molecule has 0 bridgehead atoms. The fourth-order valence-corrected chi connectivity index (χ4v) is 1.88. The Kier molecular flexibility index (Phi) is 5.19. The number of nitrogens with zero attached hydrogens (tertiary/aromatic N) is 1. The number of para-hydroxylation sites is 2. The molecule has 2 rings (SSSR count). The maximum Gasteiger partial charge on any atom is 0.354 e. The van der Waals surface area contributed by atoms with Crippen LogP contribution in [0.1, 0.15) is 17.4 Å². The van der Waals surface area contributed by atoms with E-state index in [1.807, 2.05) is 31.2 Å². The number of ether oxygens (including phenoxy) is 2. The molecule has 1 unspecified atom stereocenters. The molecule has 116 valence electrons. The summed E-state index contributed by atoms with van der Waals surface area (Å²) in [7, 11) is 1.59. The molecule has 0 saturated carbocycles. The van der Waals surface area contributed by atoms with Crippen LogP contribution in [-0.4, -0.2) is 35.8 Å². The molecule has 1 heterocycles. The molecule has 6 heteroatoms. The summed E-state index contributed by atoms with van der Waals surface area (Å²) in [6.07, 6.45) is -0.147. The second-order valence-corrected chi connectivity index (χ2v) is 4.67. The third-order valence-corrected chi connectivity index (χ3v) is 2.94. The summed E-state index contributed by atoms with van der Waals surface area (Å²) in [6.45, 7) is 2.38. The molecule has 22 heavy (non-hydrogen) atoms. The minimum Gasteiger partial charge on any atom is -0.493 e. The van der Waals surface area contributed by atoms with E-state index in [-0.39, 0.29) is 11.8 Å². The van der Waals surface area contributed by atoms with E-state index < -0.39 is 5.97 Å². The van der Waals surface area contributed by atoms with Crippen LogP contribution < -0.4 is 14.8 Å². The summed E-state index contributed by atoms with van der Waals surface area (Å²) in [6, 6.07) is 12.2. The van der Waals surface area contributed by atoms with E-state index in [1.165, 1.54) is 6.07 Å². The van der Waals surface area contributed by atoms with Gasteiger partial charge in [0.05, 0.1) is 13.7 Å². The second kappa shape index (κ2) is 7.31. The van der Waals surface area contributed by atoms with Gasteiger partial charge in [0.25, 0.3) is 0 Å². The van der Waals surface area contributed by atoms with Gasteiger partial charge in [-0.15, -0.1) is 0 Å². The Morgan fingerprint density at radius 1 is 1.23 bits per heavy atom. The van der Waals surface area contributed by atoms with Crippen molar-refractivity contribution < 1.29 is 19.4 Å². The van der Waals surface area contributed by atoms with Crippen molar-refractivity contribution in [1.82, 2.24) is 4.98 Å². The van der Waals surface area contributed by atoms with E-state index in [0.29, 0.717) is 23.9 Å². The summed E-state index contributed by atoms with van der Waals surface area (Å²) in [5.41, 5.74) is 0.00306. The Morgan fingerprint density at radius 2 is 1.95 bits per heavy atom. The highest BCUT2D eigenvalue weighted by atomic mass is 16.5. The molecule has 1 aromatic carbocycles. The van der Waals surface area contributed by atoms with Crippen molar-refractivity contribution in [2.24, 2.45) is 0 Å². The highest BCUT2D eigenvalue weighted by molar-refractivity contribution is 5.85. The van der Waals surface area contributed by atoms with Gasteiger partial charge < -0.3 is 19.9 Å². The number of pyridine rings is 1. The molecule has 1 aromatic heterocycles. The number of hydrogen-bond donors (Lipinski definition) is 2. The normalized spacial score (nSPS) is 11.5. The Labute approximate surface area is 128 Å². The molecule has 6 nitrogen and oxygen atoms in total. The van der Waals surface area contributed by atoms with Crippen LogP contribution in [0.25, 0.3) is 0 Å². The zero-order valence-corrected chi connectivity index (χ0v) is 12.4. The molecule has 0 spiro atoms. The van der Waals surface area contributed by atoms with Crippen molar-refractivity contribution in [1.29, 1.82) is 0 Å². The third-order valence-electron chi connectivity index (χ3n) is 2.94. The Hall–Kier alpha value is -2.76. The average Bonchev–Trinajstić information content (AvgIpc) is 2.53. The van der Waals surface area contributed by atoms with Crippen LogP contribution in [-0.2, 0) is 0 Å². The zero-order chi connectivity index (χ0) is 15.9. The van der Waals surface area contributed by atoms with Crippen LogP contribution in [0.3, 0.4) is 0 Å². The number of aromatic nitrogens is 1. The number of carboxylic acids is 1. The fraction of sp³-hybridized carbons (Fsp3) is 0.250. The van der Waals surface area contributed by atoms with Crippen LogP contribution in [0.4, 0.5) is 5.82 Å². The quantitative estimate of drug-likeness (QED) is 0.818. The van der Waals surface area contributed by atoms with E-state index in [4.69, 9.17) is 14.6 Å². The Bertz CT molecular complexity index is 646. The van der Waals surface area contributed by atoms with E-state index in [9.17, 15) is 4.79 Å². The van der Waals surface area contributed by atoms with Crippen molar-refractivity contribution in [2.45, 2.75) is 13.0 Å². The lowest BCUT2D eigenvalue weighted by Gasteiger charge is -2.17. The minimum atomic E-state index is -1.05.